The summed E-state index contributed by atoms with van der Waals surface area (Å²) in [5, 5.41) is 3.86. The van der Waals surface area contributed by atoms with Crippen LogP contribution >= 0.6 is 0 Å². The van der Waals surface area contributed by atoms with Crippen LogP contribution in [0.1, 0.15) is 5.56 Å². The van der Waals surface area contributed by atoms with Crippen molar-refractivity contribution in [1.29, 1.82) is 0 Å². The second-order valence-electron chi connectivity index (χ2n) is 5.32. The molecule has 0 aromatic heterocycles. The highest BCUT2D eigenvalue weighted by molar-refractivity contribution is 6.99. The molecule has 113 valence electrons. The van der Waals surface area contributed by atoms with E-state index in [2.05, 4.69) is 79.4 Å². The third-order valence-corrected chi connectivity index (χ3v) is 6.56. The fraction of sp³-hybridized carbons (Fsp3) is 0.0476. The molecule has 1 radical (unpaired) electrons. The van der Waals surface area contributed by atoms with E-state index >= 15 is 0 Å². The van der Waals surface area contributed by atoms with Gasteiger partial charge >= 0.3 is 0 Å². The third-order valence-electron chi connectivity index (χ3n) is 3.84. The molecule has 3 rings (SSSR count). The maximum absolute atomic E-state index is 5.37. The zero-order valence-electron chi connectivity index (χ0n) is 13.2. The summed E-state index contributed by atoms with van der Waals surface area (Å²) in [6.45, 7) is 4.44. The van der Waals surface area contributed by atoms with Gasteiger partial charge in [-0.15, -0.1) is 0 Å². The van der Waals surface area contributed by atoms with E-state index in [1.165, 1.54) is 15.6 Å². The molecule has 0 spiro atoms. The highest BCUT2D eigenvalue weighted by Gasteiger charge is 2.21. The van der Waals surface area contributed by atoms with Crippen LogP contribution in [0.25, 0.3) is 5.20 Å². The van der Waals surface area contributed by atoms with Gasteiger partial charge in [-0.05, 0) is 17.7 Å². The lowest BCUT2D eigenvalue weighted by Gasteiger charge is -2.19. The Labute approximate surface area is 139 Å². The van der Waals surface area contributed by atoms with Gasteiger partial charge in [0.15, 0.2) is 8.80 Å². The molecule has 0 unspecified atom stereocenters. The Hall–Kier alpha value is -2.58. The van der Waals surface area contributed by atoms with Crippen LogP contribution in [0.5, 0.6) is 5.75 Å². The van der Waals surface area contributed by atoms with Gasteiger partial charge in [-0.25, -0.2) is 0 Å². The average Bonchev–Trinajstić information content (AvgIpc) is 2.64. The summed E-state index contributed by atoms with van der Waals surface area (Å²) >= 11 is 0. The molecule has 0 aliphatic rings. The summed E-state index contributed by atoms with van der Waals surface area (Å²) in [7, 11) is 0.592. The Morgan fingerprint density at radius 3 is 1.87 bits per heavy atom. The van der Waals surface area contributed by atoms with Gasteiger partial charge in [-0.2, -0.15) is 0 Å². The molecular formula is C21H19OSi. The van der Waals surface area contributed by atoms with E-state index in [1.807, 2.05) is 12.1 Å². The van der Waals surface area contributed by atoms with Gasteiger partial charge in [0.05, 0.1) is 7.11 Å². The Balaban J connectivity index is 2.06. The maximum Gasteiger partial charge on any atom is 0.154 e. The summed E-state index contributed by atoms with van der Waals surface area (Å²) in [5.41, 5.74) is 1.14. The van der Waals surface area contributed by atoms with Crippen LogP contribution < -0.4 is 15.1 Å². The van der Waals surface area contributed by atoms with Crippen molar-refractivity contribution in [1.82, 2.24) is 0 Å². The SMILES string of the molecule is C=C(c1cccc(OC)c1)[Si](c1ccccc1)c1ccccc1. The minimum atomic E-state index is -1.10. The maximum atomic E-state index is 5.37. The lowest BCUT2D eigenvalue weighted by atomic mass is 10.2. The number of hydrogen-bond acceptors (Lipinski definition) is 1. The molecule has 0 saturated carbocycles. The van der Waals surface area contributed by atoms with E-state index in [4.69, 9.17) is 4.74 Å². The Kier molecular flexibility index (Phi) is 4.74. The molecule has 0 amide bonds. The highest BCUT2D eigenvalue weighted by atomic mass is 28.3. The fourth-order valence-corrected chi connectivity index (χ4v) is 5.21. The third kappa shape index (κ3) is 3.43. The van der Waals surface area contributed by atoms with Crippen LogP contribution in [0.2, 0.25) is 0 Å². The first-order chi connectivity index (χ1) is 11.3. The van der Waals surface area contributed by atoms with Crippen molar-refractivity contribution in [3.8, 4) is 5.75 Å². The zero-order valence-corrected chi connectivity index (χ0v) is 14.2. The highest BCUT2D eigenvalue weighted by Crippen LogP contribution is 2.21. The van der Waals surface area contributed by atoms with Gasteiger partial charge in [0.25, 0.3) is 0 Å². The van der Waals surface area contributed by atoms with Crippen LogP contribution in [0.3, 0.4) is 0 Å². The molecule has 0 heterocycles. The number of benzene rings is 3. The summed E-state index contributed by atoms with van der Waals surface area (Å²) < 4.78 is 5.37. The monoisotopic (exact) mass is 315 g/mol. The van der Waals surface area contributed by atoms with Crippen LogP contribution in [0.15, 0.2) is 91.5 Å². The number of hydrogen-bond donors (Lipinski definition) is 0. The van der Waals surface area contributed by atoms with Crippen molar-refractivity contribution >= 4 is 24.4 Å². The molecule has 0 N–H and O–H groups in total. The molecule has 2 heteroatoms. The van der Waals surface area contributed by atoms with Gasteiger partial charge in [-0.3, -0.25) is 0 Å². The van der Waals surface area contributed by atoms with E-state index < -0.39 is 8.80 Å². The molecule has 23 heavy (non-hydrogen) atoms. The second kappa shape index (κ2) is 7.12. The lowest BCUT2D eigenvalue weighted by molar-refractivity contribution is 0.414. The molecule has 3 aromatic rings. The van der Waals surface area contributed by atoms with Crippen molar-refractivity contribution in [2.24, 2.45) is 0 Å². The smallest absolute Gasteiger partial charge is 0.154 e. The van der Waals surface area contributed by atoms with Gasteiger partial charge < -0.3 is 4.74 Å². The zero-order chi connectivity index (χ0) is 16.1. The molecule has 0 fully saturated rings. The molecule has 1 nitrogen and oxygen atoms in total. The van der Waals surface area contributed by atoms with Crippen molar-refractivity contribution in [3.63, 3.8) is 0 Å². The number of rotatable bonds is 5. The van der Waals surface area contributed by atoms with Crippen LogP contribution in [-0.2, 0) is 0 Å². The minimum Gasteiger partial charge on any atom is -0.497 e. The lowest BCUT2D eigenvalue weighted by Crippen LogP contribution is -2.43. The summed E-state index contributed by atoms with van der Waals surface area (Å²) in [6.07, 6.45) is 0. The van der Waals surface area contributed by atoms with Crippen LogP contribution in [0.4, 0.5) is 0 Å². The first-order valence-electron chi connectivity index (χ1n) is 7.61. The largest absolute Gasteiger partial charge is 0.497 e. The number of methoxy groups -OCH3 is 1. The van der Waals surface area contributed by atoms with Crippen molar-refractivity contribution in [2.75, 3.05) is 7.11 Å². The first-order valence-corrected chi connectivity index (χ1v) is 9.11. The van der Waals surface area contributed by atoms with E-state index in [-0.39, 0.29) is 0 Å². The van der Waals surface area contributed by atoms with Crippen molar-refractivity contribution < 1.29 is 4.74 Å². The first kappa shape index (κ1) is 15.3. The fourth-order valence-electron chi connectivity index (χ4n) is 2.68. The quantitative estimate of drug-likeness (QED) is 0.654. The van der Waals surface area contributed by atoms with Crippen LogP contribution in [-0.4, -0.2) is 15.9 Å². The molecule has 0 saturated heterocycles. The molecule has 0 aliphatic heterocycles. The molecular weight excluding hydrogens is 296 g/mol. The van der Waals surface area contributed by atoms with Crippen molar-refractivity contribution in [3.05, 3.63) is 97.1 Å². The molecule has 0 aliphatic carbocycles. The Morgan fingerprint density at radius 2 is 1.35 bits per heavy atom. The van der Waals surface area contributed by atoms with E-state index in [0.29, 0.717) is 0 Å². The predicted molar refractivity (Wildman–Crippen MR) is 99.9 cm³/mol. The standard InChI is InChI=1S/C21H19OSi/c1-17(18-10-9-11-19(16-18)22-2)23(20-12-5-3-6-13-20)21-14-7-4-8-15-21/h3-16H,1H2,2H3. The predicted octanol–water partition coefficient (Wildman–Crippen LogP) is 3.56. The van der Waals surface area contributed by atoms with Gasteiger partial charge in [0.2, 0.25) is 0 Å². The average molecular weight is 315 g/mol. The van der Waals surface area contributed by atoms with E-state index in [1.54, 1.807) is 7.11 Å². The van der Waals surface area contributed by atoms with Gasteiger partial charge in [0.1, 0.15) is 5.75 Å². The van der Waals surface area contributed by atoms with E-state index in [9.17, 15) is 0 Å². The summed E-state index contributed by atoms with van der Waals surface area (Å²) in [4.78, 5) is 0. The summed E-state index contributed by atoms with van der Waals surface area (Å²) in [6, 6.07) is 29.5. The van der Waals surface area contributed by atoms with Gasteiger partial charge in [0, 0.05) is 0 Å². The van der Waals surface area contributed by atoms with Gasteiger partial charge in [-0.1, -0.05) is 94.9 Å². The van der Waals surface area contributed by atoms with E-state index in [0.717, 1.165) is 11.3 Å². The molecule has 0 bridgehead atoms. The number of ether oxygens (including phenoxy) is 1. The second-order valence-corrected chi connectivity index (χ2v) is 7.83. The minimum absolute atomic E-state index is 0.867. The molecule has 0 atom stereocenters. The summed E-state index contributed by atoms with van der Waals surface area (Å²) in [5.74, 6) is 0.867. The molecule has 3 aromatic carbocycles. The topological polar surface area (TPSA) is 9.23 Å². The van der Waals surface area contributed by atoms with Crippen molar-refractivity contribution in [2.45, 2.75) is 0 Å². The Morgan fingerprint density at radius 1 is 0.783 bits per heavy atom. The van der Waals surface area contributed by atoms with Crippen LogP contribution in [0, 0.1) is 0 Å². The Bertz CT molecular complexity index is 742. The normalized spacial score (nSPS) is 10.5.